The van der Waals surface area contributed by atoms with Crippen molar-refractivity contribution in [2.24, 2.45) is 0 Å². The van der Waals surface area contributed by atoms with E-state index in [0.29, 0.717) is 23.0 Å². The summed E-state index contributed by atoms with van der Waals surface area (Å²) in [5.74, 6) is 0.632. The minimum absolute atomic E-state index is 0.0752. The predicted molar refractivity (Wildman–Crippen MR) is 168 cm³/mol. The van der Waals surface area contributed by atoms with Crippen LogP contribution in [0, 0.1) is 0 Å². The minimum Gasteiger partial charge on any atom is -0.507 e. The highest BCUT2D eigenvalue weighted by Crippen LogP contribution is 2.41. The molecule has 0 aromatic heterocycles. The summed E-state index contributed by atoms with van der Waals surface area (Å²) in [6.07, 6.45) is 11.4. The summed E-state index contributed by atoms with van der Waals surface area (Å²) < 4.78 is 0. The van der Waals surface area contributed by atoms with Crippen molar-refractivity contribution in [2.75, 3.05) is 0 Å². The van der Waals surface area contributed by atoms with Crippen LogP contribution < -0.4 is 0 Å². The maximum atomic E-state index is 13.2. The van der Waals surface area contributed by atoms with Gasteiger partial charge in [0, 0.05) is 11.1 Å². The van der Waals surface area contributed by atoms with Gasteiger partial charge in [0.1, 0.15) is 11.5 Å². The number of phenolic OH excluding ortho intramolecular Hbond substituents is 2. The Morgan fingerprint density at radius 2 is 0.833 bits per heavy atom. The van der Waals surface area contributed by atoms with Gasteiger partial charge < -0.3 is 10.2 Å². The monoisotopic (exact) mass is 560 g/mol. The lowest BCUT2D eigenvalue weighted by Crippen LogP contribution is -2.10. The maximum Gasteiger partial charge on any atom is 0.200 e. The second kappa shape index (κ2) is 14.1. The summed E-state index contributed by atoms with van der Waals surface area (Å²) in [7, 11) is 0. The Kier molecular flexibility index (Phi) is 9.86. The Balaban J connectivity index is 0.000000211. The van der Waals surface area contributed by atoms with Crippen LogP contribution in [0.4, 0.5) is 0 Å². The first kappa shape index (κ1) is 29.3. The topological polar surface area (TPSA) is 74.6 Å². The molecule has 4 nitrogen and oxygen atoms in total. The fourth-order valence-corrected chi connectivity index (χ4v) is 6.47. The molecule has 216 valence electrons. The number of carbonyl (C=O) groups is 2. The molecular weight excluding hydrogens is 520 g/mol. The van der Waals surface area contributed by atoms with Crippen molar-refractivity contribution < 1.29 is 19.8 Å². The van der Waals surface area contributed by atoms with Gasteiger partial charge in [-0.05, 0) is 60.8 Å². The molecule has 2 fully saturated rings. The fourth-order valence-electron chi connectivity index (χ4n) is 6.47. The van der Waals surface area contributed by atoms with Crippen LogP contribution in [0.2, 0.25) is 0 Å². The zero-order chi connectivity index (χ0) is 29.3. The van der Waals surface area contributed by atoms with Gasteiger partial charge in [0.2, 0.25) is 0 Å². The first-order chi connectivity index (χ1) is 20.5. The standard InChI is InChI=1S/C25H30O3.C13H10O/c26-23-19(17-9-3-1-4-10-17)13-7-15-21(23)25(28)22-16-8-14-20(24(22)27)18-11-5-2-6-12-18;14-13(11-7-3-1-4-8-11)12-9-5-2-6-10-12/h7-8,13-18,26-27H,1-6,9-12H2;1-10H. The smallest absolute Gasteiger partial charge is 0.200 e. The van der Waals surface area contributed by atoms with Crippen LogP contribution in [0.15, 0.2) is 97.1 Å². The van der Waals surface area contributed by atoms with Gasteiger partial charge in [0.25, 0.3) is 0 Å². The largest absolute Gasteiger partial charge is 0.507 e. The molecular formula is C38H40O4. The van der Waals surface area contributed by atoms with Crippen molar-refractivity contribution >= 4 is 11.6 Å². The minimum atomic E-state index is -0.287. The van der Waals surface area contributed by atoms with Gasteiger partial charge in [-0.15, -0.1) is 0 Å². The third kappa shape index (κ3) is 6.82. The zero-order valence-electron chi connectivity index (χ0n) is 24.2. The van der Waals surface area contributed by atoms with Gasteiger partial charge in [-0.2, -0.15) is 0 Å². The van der Waals surface area contributed by atoms with E-state index in [4.69, 9.17) is 0 Å². The van der Waals surface area contributed by atoms with E-state index < -0.39 is 0 Å². The van der Waals surface area contributed by atoms with E-state index in [-0.39, 0.29) is 23.1 Å². The van der Waals surface area contributed by atoms with Gasteiger partial charge in [0.05, 0.1) is 11.1 Å². The van der Waals surface area contributed by atoms with Gasteiger partial charge in [-0.3, -0.25) is 9.59 Å². The number of aromatic hydroxyl groups is 2. The third-order valence-electron chi connectivity index (χ3n) is 8.79. The quantitative estimate of drug-likeness (QED) is 0.230. The molecule has 2 aliphatic rings. The molecule has 2 saturated carbocycles. The van der Waals surface area contributed by atoms with Crippen molar-refractivity contribution in [1.82, 2.24) is 0 Å². The van der Waals surface area contributed by atoms with Crippen molar-refractivity contribution in [3.8, 4) is 11.5 Å². The third-order valence-corrected chi connectivity index (χ3v) is 8.79. The second-order valence-electron chi connectivity index (χ2n) is 11.5. The van der Waals surface area contributed by atoms with Crippen LogP contribution in [0.1, 0.15) is 119 Å². The highest BCUT2D eigenvalue weighted by atomic mass is 16.3. The van der Waals surface area contributed by atoms with Crippen molar-refractivity contribution in [3.63, 3.8) is 0 Å². The molecule has 42 heavy (non-hydrogen) atoms. The number of para-hydroxylation sites is 2. The summed E-state index contributed by atoms with van der Waals surface area (Å²) >= 11 is 0. The van der Waals surface area contributed by atoms with E-state index in [2.05, 4.69) is 0 Å². The van der Waals surface area contributed by atoms with Crippen molar-refractivity contribution in [2.45, 2.75) is 76.0 Å². The molecule has 0 aliphatic heterocycles. The zero-order valence-corrected chi connectivity index (χ0v) is 24.2. The van der Waals surface area contributed by atoms with Crippen LogP contribution >= 0.6 is 0 Å². The number of rotatable bonds is 6. The Morgan fingerprint density at radius 1 is 0.452 bits per heavy atom. The lowest BCUT2D eigenvalue weighted by Gasteiger charge is -2.24. The Hall–Kier alpha value is -4.18. The van der Waals surface area contributed by atoms with Gasteiger partial charge >= 0.3 is 0 Å². The fraction of sp³-hybridized carbons (Fsp3) is 0.316. The summed E-state index contributed by atoms with van der Waals surface area (Å²) in [6.45, 7) is 0. The maximum absolute atomic E-state index is 13.2. The van der Waals surface area contributed by atoms with E-state index in [1.807, 2.05) is 84.9 Å². The van der Waals surface area contributed by atoms with Crippen molar-refractivity contribution in [1.29, 1.82) is 0 Å². The molecule has 2 aliphatic carbocycles. The number of benzene rings is 4. The lowest BCUT2D eigenvalue weighted by molar-refractivity contribution is 0.102. The van der Waals surface area contributed by atoms with Crippen LogP contribution in [-0.4, -0.2) is 21.8 Å². The first-order valence-corrected chi connectivity index (χ1v) is 15.4. The number of phenols is 2. The van der Waals surface area contributed by atoms with Crippen LogP contribution in [0.25, 0.3) is 0 Å². The Morgan fingerprint density at radius 3 is 1.21 bits per heavy atom. The van der Waals surface area contributed by atoms with Crippen LogP contribution in [-0.2, 0) is 0 Å². The number of ketones is 2. The molecule has 2 N–H and O–H groups in total. The number of carbonyl (C=O) groups excluding carboxylic acids is 2. The molecule has 0 heterocycles. The molecule has 0 atom stereocenters. The van der Waals surface area contributed by atoms with E-state index in [1.54, 1.807) is 12.1 Å². The average Bonchev–Trinajstić information content (AvgIpc) is 3.06. The Bertz CT molecular complexity index is 1370. The van der Waals surface area contributed by atoms with Crippen LogP contribution in [0.5, 0.6) is 11.5 Å². The van der Waals surface area contributed by atoms with Gasteiger partial charge in [-0.25, -0.2) is 0 Å². The van der Waals surface area contributed by atoms with Gasteiger partial charge in [-0.1, -0.05) is 123 Å². The van der Waals surface area contributed by atoms with E-state index >= 15 is 0 Å². The number of hydrogen-bond acceptors (Lipinski definition) is 4. The van der Waals surface area contributed by atoms with E-state index in [9.17, 15) is 19.8 Å². The molecule has 4 aromatic carbocycles. The molecule has 0 saturated heterocycles. The highest BCUT2D eigenvalue weighted by molar-refractivity contribution is 6.12. The summed E-state index contributed by atoms with van der Waals surface area (Å²) in [5, 5.41) is 21.8. The summed E-state index contributed by atoms with van der Waals surface area (Å²) in [5.41, 5.74) is 3.85. The highest BCUT2D eigenvalue weighted by Gasteiger charge is 2.26. The molecule has 4 aromatic rings. The van der Waals surface area contributed by atoms with Gasteiger partial charge in [0.15, 0.2) is 11.6 Å². The molecule has 6 rings (SSSR count). The molecule has 0 spiro atoms. The van der Waals surface area contributed by atoms with E-state index in [0.717, 1.165) is 47.9 Å². The molecule has 0 radical (unpaired) electrons. The summed E-state index contributed by atoms with van der Waals surface area (Å²) in [6, 6.07) is 29.6. The molecule has 0 bridgehead atoms. The molecule has 0 amide bonds. The number of hydrogen-bond donors (Lipinski definition) is 2. The van der Waals surface area contributed by atoms with Crippen LogP contribution in [0.3, 0.4) is 0 Å². The second-order valence-corrected chi connectivity index (χ2v) is 11.5. The normalized spacial score (nSPS) is 15.8. The Labute approximate surface area is 249 Å². The molecule has 4 heteroatoms. The molecule has 0 unspecified atom stereocenters. The average molecular weight is 561 g/mol. The predicted octanol–water partition coefficient (Wildman–Crippen LogP) is 9.34. The lowest BCUT2D eigenvalue weighted by atomic mass is 9.81. The summed E-state index contributed by atoms with van der Waals surface area (Å²) in [4.78, 5) is 25.1. The van der Waals surface area contributed by atoms with E-state index in [1.165, 1.54) is 38.5 Å². The first-order valence-electron chi connectivity index (χ1n) is 15.4. The van der Waals surface area contributed by atoms with Crippen molar-refractivity contribution in [3.05, 3.63) is 130 Å². The SMILES string of the molecule is O=C(c1cccc(C2CCCCC2)c1O)c1cccc(C2CCCCC2)c1O.O=C(c1ccccc1)c1ccccc1.